The molecule has 12 heteroatoms. The number of benzene rings is 4. The zero-order valence-corrected chi connectivity index (χ0v) is 49.7. The molecule has 0 amide bonds. The van der Waals surface area contributed by atoms with Crippen LogP contribution in [0.2, 0.25) is 10.0 Å². The Bertz CT molecular complexity index is 2680. The van der Waals surface area contributed by atoms with Crippen molar-refractivity contribution in [1.82, 2.24) is 0 Å². The fourth-order valence-corrected chi connectivity index (χ4v) is 15.7. The molecule has 4 aliphatic carbocycles. The van der Waals surface area contributed by atoms with Gasteiger partial charge in [0.25, 0.3) is 0 Å². The summed E-state index contributed by atoms with van der Waals surface area (Å²) < 4.78 is 32.9. The first-order valence-corrected chi connectivity index (χ1v) is 29.7. The van der Waals surface area contributed by atoms with Crippen LogP contribution in [0, 0.1) is 58.2 Å². The molecule has 4 saturated carbocycles. The van der Waals surface area contributed by atoms with Crippen molar-refractivity contribution in [1.29, 1.82) is 0 Å². The molecule has 0 spiro atoms. The first-order valence-electron chi connectivity index (χ1n) is 29.0. The second-order valence-electron chi connectivity index (χ2n) is 24.4. The second kappa shape index (κ2) is 26.5. The molecule has 4 aromatic carbocycles. The van der Waals surface area contributed by atoms with E-state index in [1.165, 1.54) is 105 Å². The summed E-state index contributed by atoms with van der Waals surface area (Å²) in [6.07, 6.45) is 20.3. The van der Waals surface area contributed by atoms with Gasteiger partial charge < -0.3 is 28.4 Å². The van der Waals surface area contributed by atoms with Gasteiger partial charge >= 0.3 is 23.9 Å². The zero-order chi connectivity index (χ0) is 56.6. The highest BCUT2D eigenvalue weighted by atomic mass is 35.5. The summed E-state index contributed by atoms with van der Waals surface area (Å²) in [5, 5.41) is 0.384. The van der Waals surface area contributed by atoms with Gasteiger partial charge in [0.05, 0.1) is 51.3 Å². The molecule has 426 valence electrons. The zero-order valence-electron chi connectivity index (χ0n) is 48.2. The van der Waals surface area contributed by atoms with Crippen LogP contribution in [0.25, 0.3) is 5.57 Å². The molecule has 0 saturated heterocycles. The van der Waals surface area contributed by atoms with E-state index < -0.39 is 11.9 Å². The summed E-state index contributed by atoms with van der Waals surface area (Å²) in [7, 11) is 5.34. The van der Waals surface area contributed by atoms with E-state index >= 15 is 0 Å². The van der Waals surface area contributed by atoms with Gasteiger partial charge in [-0.1, -0.05) is 132 Å². The number of allylic oxidation sites excluding steroid dienone is 1. The first kappa shape index (κ1) is 59.8. The van der Waals surface area contributed by atoms with E-state index in [1.54, 1.807) is 24.3 Å². The number of fused-ring (bicyclic) bond motifs is 5. The normalized spacial score (nSPS) is 24.5. The lowest BCUT2D eigenvalue weighted by Crippen LogP contribution is -2.53. The lowest BCUT2D eigenvalue weighted by Gasteiger charge is -2.61. The van der Waals surface area contributed by atoms with Crippen molar-refractivity contribution in [3.8, 4) is 11.5 Å². The summed E-state index contributed by atoms with van der Waals surface area (Å²) in [6.45, 7) is 12.8. The summed E-state index contributed by atoms with van der Waals surface area (Å²) in [6, 6.07) is 21.7. The van der Waals surface area contributed by atoms with Crippen molar-refractivity contribution < 1.29 is 47.6 Å². The first-order chi connectivity index (χ1) is 37.9. The predicted octanol–water partition coefficient (Wildman–Crippen LogP) is 16.1. The number of carbonyl (C=O) groups excluding carboxylic acids is 4. The monoisotopic (exact) mass is 1120 g/mol. The van der Waals surface area contributed by atoms with Crippen LogP contribution < -0.4 is 9.47 Å². The topological polar surface area (TPSA) is 124 Å². The second-order valence-corrected chi connectivity index (χ2v) is 25.2. The Hall–Kier alpha value is -5.32. The number of hydrogen-bond acceptors (Lipinski definition) is 10. The number of ether oxygens (including phenoxy) is 6. The summed E-state index contributed by atoms with van der Waals surface area (Å²) in [4.78, 5) is 51.2. The fraction of sp³-hybridized carbons (Fsp3) is 0.552. The maximum Gasteiger partial charge on any atom is 0.341 e. The van der Waals surface area contributed by atoms with Crippen LogP contribution in [0.3, 0.4) is 0 Å². The Labute approximate surface area is 480 Å². The SMILES string of the molecule is COC(=O)Cc1ccc(COc2c(Cl)cc(C(=CCC[C@H]3CC[C@@]4(C)C(CC[C@H]5[C@@H]6CC[C@H]([C@H](C)CCCC(C)C)[C@@]6(C)CC[C@@H]54)C3)c3cc(Cl)c(OCc4ccc(CC(=O)OC)cc4)c(C(=O)OC)c3)cc2C(=O)OC)cc1. The average molecular weight is 1120 g/mol. The van der Waals surface area contributed by atoms with Crippen molar-refractivity contribution in [3.05, 3.63) is 133 Å². The van der Waals surface area contributed by atoms with Crippen LogP contribution >= 0.6 is 23.2 Å². The van der Waals surface area contributed by atoms with E-state index in [4.69, 9.17) is 51.6 Å². The highest BCUT2D eigenvalue weighted by molar-refractivity contribution is 6.33. The molecule has 8 rings (SSSR count). The van der Waals surface area contributed by atoms with Crippen molar-refractivity contribution in [3.63, 3.8) is 0 Å². The Balaban J connectivity index is 1.05. The Morgan fingerprint density at radius 1 is 0.608 bits per heavy atom. The number of hydrogen-bond donors (Lipinski definition) is 0. The number of methoxy groups -OCH3 is 4. The van der Waals surface area contributed by atoms with E-state index in [2.05, 4.69) is 40.7 Å². The molecule has 0 bridgehead atoms. The highest BCUT2D eigenvalue weighted by Crippen LogP contribution is 2.69. The molecule has 4 aromatic rings. The van der Waals surface area contributed by atoms with Gasteiger partial charge in [-0.05, 0) is 192 Å². The Morgan fingerprint density at radius 3 is 1.62 bits per heavy atom. The lowest BCUT2D eigenvalue weighted by atomic mass is 9.44. The van der Waals surface area contributed by atoms with Crippen LogP contribution in [-0.4, -0.2) is 52.3 Å². The molecule has 4 aliphatic rings. The van der Waals surface area contributed by atoms with Crippen LogP contribution in [0.4, 0.5) is 0 Å². The molecule has 0 aromatic heterocycles. The molecule has 0 aliphatic heterocycles. The Kier molecular flexibility index (Phi) is 20.1. The van der Waals surface area contributed by atoms with Crippen molar-refractivity contribution in [2.75, 3.05) is 28.4 Å². The van der Waals surface area contributed by atoms with Crippen LogP contribution in [0.15, 0.2) is 78.9 Å². The van der Waals surface area contributed by atoms with Crippen LogP contribution in [-0.2, 0) is 54.6 Å². The molecule has 0 N–H and O–H groups in total. The molecule has 0 radical (unpaired) electrons. The molecule has 79 heavy (non-hydrogen) atoms. The predicted molar refractivity (Wildman–Crippen MR) is 311 cm³/mol. The minimum Gasteiger partial charge on any atom is -0.486 e. The maximum absolute atomic E-state index is 13.7. The van der Waals surface area contributed by atoms with Gasteiger partial charge in [0, 0.05) is 0 Å². The molecule has 0 heterocycles. The molecule has 4 fully saturated rings. The van der Waals surface area contributed by atoms with Gasteiger partial charge in [-0.25, -0.2) is 9.59 Å². The summed E-state index contributed by atoms with van der Waals surface area (Å²) in [5.41, 5.74) is 6.23. The van der Waals surface area contributed by atoms with Gasteiger partial charge in [-0.2, -0.15) is 0 Å². The highest BCUT2D eigenvalue weighted by Gasteiger charge is 2.60. The van der Waals surface area contributed by atoms with E-state index in [0.717, 1.165) is 76.2 Å². The molecular formula is C67H84Cl2O10. The quantitative estimate of drug-likeness (QED) is 0.0555. The van der Waals surface area contributed by atoms with E-state index in [1.807, 2.05) is 48.5 Å². The largest absolute Gasteiger partial charge is 0.486 e. The Morgan fingerprint density at radius 2 is 1.11 bits per heavy atom. The van der Waals surface area contributed by atoms with E-state index in [0.29, 0.717) is 33.8 Å². The van der Waals surface area contributed by atoms with E-state index in [-0.39, 0.29) is 70.7 Å². The smallest absolute Gasteiger partial charge is 0.341 e. The maximum atomic E-state index is 13.7. The fourth-order valence-electron chi connectivity index (χ4n) is 15.1. The van der Waals surface area contributed by atoms with Gasteiger partial charge in [0.1, 0.15) is 24.3 Å². The molecule has 1 unspecified atom stereocenters. The molecular weight excluding hydrogens is 1040 g/mol. The summed E-state index contributed by atoms with van der Waals surface area (Å²) >= 11 is 14.3. The number of halogens is 2. The number of rotatable bonds is 22. The van der Waals surface area contributed by atoms with Crippen LogP contribution in [0.5, 0.6) is 11.5 Å². The lowest BCUT2D eigenvalue weighted by molar-refractivity contribution is -0.140. The minimum absolute atomic E-state index is 0.0860. The van der Waals surface area contributed by atoms with Crippen molar-refractivity contribution in [2.45, 2.75) is 151 Å². The number of carbonyl (C=O) groups is 4. The van der Waals surface area contributed by atoms with Crippen molar-refractivity contribution in [2.24, 2.45) is 58.2 Å². The minimum atomic E-state index is -0.635. The van der Waals surface area contributed by atoms with Gasteiger partial charge in [-0.15, -0.1) is 0 Å². The molecule has 9 atom stereocenters. The third-order valence-corrected chi connectivity index (χ3v) is 19.9. The van der Waals surface area contributed by atoms with Gasteiger partial charge in [0.15, 0.2) is 11.5 Å². The standard InChI is InChI=1S/C67H84Cl2O10/c1-41(2)12-10-13-42(3)55-26-27-56-52-25-24-50-32-43(28-30-66(50,4)57(52)29-31-67(55,56)5)14-11-15-51(48-35-53(64(72)76-8)62(58(68)37-48)78-39-46-20-16-44(17-21-46)33-60(70)74-6)49-36-54(65(73)77-9)63(59(69)38-49)79-40-47-22-18-45(19-23-47)34-61(71)75-7/h15-23,35-38,41-43,50,52,55-57H,10-14,24-34,39-40H2,1-9H3/t42-,43+,50?,52+,55-,56+,57+,66+,67-/m1/s1. The third kappa shape index (κ3) is 13.7. The average Bonchev–Trinajstić information content (AvgIpc) is 4.00. The third-order valence-electron chi connectivity index (χ3n) is 19.4. The van der Waals surface area contributed by atoms with Crippen molar-refractivity contribution >= 4 is 52.7 Å². The summed E-state index contributed by atoms with van der Waals surface area (Å²) in [5.74, 6) is 4.63. The van der Waals surface area contributed by atoms with E-state index in [9.17, 15) is 19.2 Å². The van der Waals surface area contributed by atoms with Crippen LogP contribution in [0.1, 0.15) is 179 Å². The van der Waals surface area contributed by atoms with Gasteiger partial charge in [-0.3, -0.25) is 9.59 Å². The molecule has 10 nitrogen and oxygen atoms in total. The van der Waals surface area contributed by atoms with Gasteiger partial charge in [0.2, 0.25) is 0 Å². The number of esters is 4.